The third kappa shape index (κ3) is 6.45. The summed E-state index contributed by atoms with van der Waals surface area (Å²) in [5, 5.41) is 2.60. The van der Waals surface area contributed by atoms with E-state index in [0.29, 0.717) is 38.0 Å². The number of thiazole rings is 1. The number of rotatable bonds is 8. The molecule has 0 saturated heterocycles. The molecule has 44 heavy (non-hydrogen) atoms. The molecule has 0 N–H and O–H groups in total. The van der Waals surface area contributed by atoms with Gasteiger partial charge in [-0.05, 0) is 99.5 Å². The number of carbonyl (C=O) groups excluding carboxylic acids is 1. The van der Waals surface area contributed by atoms with E-state index in [-0.39, 0.29) is 12.2 Å². The van der Waals surface area contributed by atoms with E-state index in [0.717, 1.165) is 28.7 Å². The molecule has 0 bridgehead atoms. The Morgan fingerprint density at radius 1 is 1.07 bits per heavy atom. The van der Waals surface area contributed by atoms with Crippen LogP contribution in [-0.4, -0.2) is 17.1 Å². The SMILES string of the molecule is CCOC(=O)C1=C(c2ccccc2)N=c2s/c(=C\c3cc(I)cc(I)c3OCc3ccc(Cl)cc3)c(=O)n2[C@H]1c1cccs1. The second-order valence-electron chi connectivity index (χ2n) is 9.67. The molecule has 11 heteroatoms. The summed E-state index contributed by atoms with van der Waals surface area (Å²) < 4.78 is 15.9. The van der Waals surface area contributed by atoms with E-state index in [2.05, 4.69) is 45.2 Å². The molecule has 1 aliphatic heterocycles. The van der Waals surface area contributed by atoms with Crippen molar-refractivity contribution < 1.29 is 14.3 Å². The molecule has 0 radical (unpaired) electrons. The van der Waals surface area contributed by atoms with Gasteiger partial charge in [0.15, 0.2) is 4.80 Å². The molecule has 1 aliphatic rings. The van der Waals surface area contributed by atoms with E-state index in [4.69, 9.17) is 26.1 Å². The van der Waals surface area contributed by atoms with Crippen LogP contribution in [0.15, 0.2) is 99.6 Å². The molecule has 0 unspecified atom stereocenters. The van der Waals surface area contributed by atoms with E-state index < -0.39 is 12.0 Å². The summed E-state index contributed by atoms with van der Waals surface area (Å²) in [6.07, 6.45) is 1.85. The minimum Gasteiger partial charge on any atom is -0.487 e. The lowest BCUT2D eigenvalue weighted by atomic mass is 9.97. The lowest BCUT2D eigenvalue weighted by molar-refractivity contribution is -0.138. The molecule has 0 amide bonds. The van der Waals surface area contributed by atoms with Gasteiger partial charge in [-0.25, -0.2) is 9.79 Å². The topological polar surface area (TPSA) is 69.9 Å². The molecule has 3 aromatic carbocycles. The molecule has 0 aliphatic carbocycles. The lowest BCUT2D eigenvalue weighted by Crippen LogP contribution is -2.39. The monoisotopic (exact) mass is 864 g/mol. The number of halogens is 3. The lowest BCUT2D eigenvalue weighted by Gasteiger charge is -2.24. The summed E-state index contributed by atoms with van der Waals surface area (Å²) in [6.45, 7) is 2.32. The van der Waals surface area contributed by atoms with Gasteiger partial charge in [0.1, 0.15) is 18.4 Å². The first-order chi connectivity index (χ1) is 21.3. The number of esters is 1. The van der Waals surface area contributed by atoms with Gasteiger partial charge < -0.3 is 9.47 Å². The Hall–Kier alpha value is -2.78. The van der Waals surface area contributed by atoms with Crippen LogP contribution in [0.1, 0.15) is 34.5 Å². The zero-order valence-electron chi connectivity index (χ0n) is 23.1. The molecular weight excluding hydrogens is 842 g/mol. The highest BCUT2D eigenvalue weighted by Crippen LogP contribution is 2.37. The summed E-state index contributed by atoms with van der Waals surface area (Å²) >= 11 is 13.4. The Bertz CT molecular complexity index is 2060. The maximum atomic E-state index is 14.2. The summed E-state index contributed by atoms with van der Waals surface area (Å²) in [6, 6.07) is 24.3. The fourth-order valence-electron chi connectivity index (χ4n) is 4.87. The number of ether oxygens (including phenoxy) is 2. The van der Waals surface area contributed by atoms with Gasteiger partial charge in [-0.1, -0.05) is 71.5 Å². The van der Waals surface area contributed by atoms with Crippen LogP contribution in [0.5, 0.6) is 5.75 Å². The number of carbonyl (C=O) groups is 1. The van der Waals surface area contributed by atoms with Crippen molar-refractivity contribution in [2.45, 2.75) is 19.6 Å². The van der Waals surface area contributed by atoms with Gasteiger partial charge in [0.05, 0.1) is 26.0 Å². The molecule has 1 atom stereocenters. The van der Waals surface area contributed by atoms with Crippen LogP contribution in [0.2, 0.25) is 5.02 Å². The van der Waals surface area contributed by atoms with Crippen LogP contribution in [0, 0.1) is 7.14 Å². The minimum atomic E-state index is -0.681. The van der Waals surface area contributed by atoms with Crippen LogP contribution in [0.25, 0.3) is 11.8 Å². The van der Waals surface area contributed by atoms with E-state index >= 15 is 0 Å². The average Bonchev–Trinajstić information content (AvgIpc) is 3.65. The van der Waals surface area contributed by atoms with E-state index in [1.54, 1.807) is 11.5 Å². The largest absolute Gasteiger partial charge is 0.487 e. The molecule has 6 rings (SSSR count). The molecule has 0 fully saturated rings. The van der Waals surface area contributed by atoms with Crippen molar-refractivity contribution in [3.05, 3.63) is 143 Å². The predicted molar refractivity (Wildman–Crippen MR) is 193 cm³/mol. The molecule has 3 heterocycles. The van der Waals surface area contributed by atoms with E-state index in [1.165, 1.54) is 22.7 Å². The first kappa shape index (κ1) is 31.2. The van der Waals surface area contributed by atoms with Crippen molar-refractivity contribution in [1.29, 1.82) is 0 Å². The van der Waals surface area contributed by atoms with Gasteiger partial charge in [0, 0.05) is 24.6 Å². The minimum absolute atomic E-state index is 0.204. The van der Waals surface area contributed by atoms with E-state index in [1.807, 2.05) is 90.3 Å². The molecule has 222 valence electrons. The zero-order chi connectivity index (χ0) is 30.8. The first-order valence-corrected chi connectivity index (χ1v) is 17.8. The van der Waals surface area contributed by atoms with Crippen LogP contribution in [-0.2, 0) is 16.1 Å². The Balaban J connectivity index is 1.53. The van der Waals surface area contributed by atoms with Crippen molar-refractivity contribution in [3.8, 4) is 5.75 Å². The third-order valence-corrected chi connectivity index (χ3v) is 10.4. The zero-order valence-corrected chi connectivity index (χ0v) is 29.8. The van der Waals surface area contributed by atoms with Crippen molar-refractivity contribution >= 4 is 97.2 Å². The normalized spacial score (nSPS) is 14.7. The standard InChI is InChI=1S/C33H23ClI2N2O4S2/c1-2-41-32(40)27-28(20-7-4-3-5-8-20)37-33-38(29(27)25-9-6-14-43-25)31(39)26(44-33)16-21-15-23(35)17-24(36)30(21)42-18-19-10-12-22(34)13-11-19/h3-17,29H,2,18H2,1H3/b26-16-/t29-/m0/s1. The van der Waals surface area contributed by atoms with Gasteiger partial charge in [0.2, 0.25) is 0 Å². The highest BCUT2D eigenvalue weighted by molar-refractivity contribution is 14.1. The highest BCUT2D eigenvalue weighted by atomic mass is 127. The third-order valence-electron chi connectivity index (χ3n) is 6.81. The smallest absolute Gasteiger partial charge is 0.338 e. The van der Waals surface area contributed by atoms with Gasteiger partial charge in [0.25, 0.3) is 5.56 Å². The van der Waals surface area contributed by atoms with Gasteiger partial charge >= 0.3 is 5.97 Å². The van der Waals surface area contributed by atoms with Crippen LogP contribution in [0.3, 0.4) is 0 Å². The van der Waals surface area contributed by atoms with Crippen LogP contribution in [0.4, 0.5) is 0 Å². The molecule has 5 aromatic rings. The summed E-state index contributed by atoms with van der Waals surface area (Å²) in [5.74, 6) is 0.187. The Kier molecular flexibility index (Phi) is 9.71. The van der Waals surface area contributed by atoms with E-state index in [9.17, 15) is 9.59 Å². The fourth-order valence-corrected chi connectivity index (χ4v) is 8.86. The van der Waals surface area contributed by atoms with Crippen molar-refractivity contribution in [1.82, 2.24) is 4.57 Å². The molecule has 0 spiro atoms. The summed E-state index contributed by atoms with van der Waals surface area (Å²) in [5.41, 5.74) is 3.14. The number of nitrogens with zero attached hydrogens (tertiary/aromatic N) is 2. The second kappa shape index (κ2) is 13.7. The van der Waals surface area contributed by atoms with Crippen molar-refractivity contribution in [2.75, 3.05) is 6.61 Å². The number of benzene rings is 3. The maximum Gasteiger partial charge on any atom is 0.338 e. The number of hydrogen-bond acceptors (Lipinski definition) is 7. The molecule has 0 saturated carbocycles. The average molecular weight is 865 g/mol. The Morgan fingerprint density at radius 3 is 2.55 bits per heavy atom. The quantitative estimate of drug-likeness (QED) is 0.120. The van der Waals surface area contributed by atoms with Crippen molar-refractivity contribution in [2.24, 2.45) is 4.99 Å². The maximum absolute atomic E-state index is 14.2. The molecule has 6 nitrogen and oxygen atoms in total. The van der Waals surface area contributed by atoms with Crippen LogP contribution < -0.4 is 19.6 Å². The fraction of sp³-hybridized carbons (Fsp3) is 0.121. The van der Waals surface area contributed by atoms with Gasteiger partial charge in [-0.15, -0.1) is 11.3 Å². The Morgan fingerprint density at radius 2 is 1.84 bits per heavy atom. The number of thiophene rings is 1. The van der Waals surface area contributed by atoms with Gasteiger partial charge in [-0.3, -0.25) is 9.36 Å². The summed E-state index contributed by atoms with van der Waals surface area (Å²) in [4.78, 5) is 34.1. The van der Waals surface area contributed by atoms with Gasteiger partial charge in [-0.2, -0.15) is 0 Å². The number of fused-ring (bicyclic) bond motifs is 1. The summed E-state index contributed by atoms with van der Waals surface area (Å²) in [7, 11) is 0. The molecule has 2 aromatic heterocycles. The Labute approximate surface area is 293 Å². The second-order valence-corrected chi connectivity index (χ2v) is 14.5. The van der Waals surface area contributed by atoms with Crippen molar-refractivity contribution in [3.63, 3.8) is 0 Å². The highest BCUT2D eigenvalue weighted by Gasteiger charge is 2.35. The number of hydrogen-bond donors (Lipinski definition) is 0. The molecular formula is C33H23ClI2N2O4S2. The van der Waals surface area contributed by atoms with Crippen LogP contribution >= 0.6 is 79.5 Å². The predicted octanol–water partition coefficient (Wildman–Crippen LogP) is 7.44. The first-order valence-electron chi connectivity index (χ1n) is 13.5. The number of aromatic nitrogens is 1.